The number of nitriles is 1. The average Bonchev–Trinajstić information content (AvgIpc) is 2.52. The van der Waals surface area contributed by atoms with Crippen molar-refractivity contribution in [3.05, 3.63) is 75.3 Å². The van der Waals surface area contributed by atoms with Crippen LogP contribution < -0.4 is 0 Å². The zero-order chi connectivity index (χ0) is 17.0. The lowest BCUT2D eigenvalue weighted by Crippen LogP contribution is -2.07. The molecule has 2 aromatic carbocycles. The highest BCUT2D eigenvalue weighted by molar-refractivity contribution is 5.90. The molecule has 0 radical (unpaired) electrons. The summed E-state index contributed by atoms with van der Waals surface area (Å²) < 4.78 is 38.9. The van der Waals surface area contributed by atoms with Crippen LogP contribution >= 0.6 is 0 Å². The molecule has 0 amide bonds. The van der Waals surface area contributed by atoms with Crippen LogP contribution in [0.3, 0.4) is 0 Å². The van der Waals surface area contributed by atoms with Crippen molar-refractivity contribution in [1.82, 2.24) is 0 Å². The van der Waals surface area contributed by atoms with Gasteiger partial charge in [-0.1, -0.05) is 18.2 Å². The van der Waals surface area contributed by atoms with Crippen LogP contribution in [0.15, 0.2) is 48.5 Å². The molecule has 0 fully saturated rings. The molecule has 0 aliphatic carbocycles. The van der Waals surface area contributed by atoms with E-state index in [1.165, 1.54) is 42.5 Å². The number of benzene rings is 2. The van der Waals surface area contributed by atoms with Crippen LogP contribution in [0.4, 0.5) is 18.9 Å². The first-order valence-corrected chi connectivity index (χ1v) is 6.36. The van der Waals surface area contributed by atoms with Gasteiger partial charge < -0.3 is 0 Å². The summed E-state index contributed by atoms with van der Waals surface area (Å²) in [5.41, 5.74) is -0.877. The van der Waals surface area contributed by atoms with Crippen molar-refractivity contribution in [3.63, 3.8) is 0 Å². The van der Waals surface area contributed by atoms with E-state index in [-0.39, 0.29) is 16.8 Å². The topological polar surface area (TPSA) is 66.9 Å². The van der Waals surface area contributed by atoms with Crippen molar-refractivity contribution in [3.8, 4) is 6.07 Å². The third kappa shape index (κ3) is 3.74. The van der Waals surface area contributed by atoms with Crippen LogP contribution in [-0.2, 0) is 6.18 Å². The number of hydrogen-bond donors (Lipinski definition) is 0. The highest BCUT2D eigenvalue weighted by atomic mass is 19.4. The Morgan fingerprint density at radius 2 is 1.74 bits per heavy atom. The second-order valence-corrected chi connectivity index (χ2v) is 4.56. The van der Waals surface area contributed by atoms with Crippen LogP contribution in [0.5, 0.6) is 0 Å². The van der Waals surface area contributed by atoms with Gasteiger partial charge in [-0.3, -0.25) is 10.1 Å². The van der Waals surface area contributed by atoms with E-state index in [0.717, 1.165) is 12.1 Å². The van der Waals surface area contributed by atoms with Crippen molar-refractivity contribution in [2.45, 2.75) is 6.18 Å². The smallest absolute Gasteiger partial charge is 0.258 e. The predicted molar refractivity (Wildman–Crippen MR) is 78.0 cm³/mol. The molecule has 0 saturated carbocycles. The van der Waals surface area contributed by atoms with Gasteiger partial charge in [-0.2, -0.15) is 18.4 Å². The first-order valence-electron chi connectivity index (χ1n) is 6.36. The summed E-state index contributed by atoms with van der Waals surface area (Å²) in [5.74, 6) is 0. The molecule has 116 valence electrons. The number of allylic oxidation sites excluding steroid dienone is 1. The van der Waals surface area contributed by atoms with Gasteiger partial charge in [-0.15, -0.1) is 0 Å². The van der Waals surface area contributed by atoms with Crippen LogP contribution in [-0.4, -0.2) is 4.92 Å². The summed E-state index contributed by atoms with van der Waals surface area (Å²) in [5, 5.41) is 19.8. The summed E-state index contributed by atoms with van der Waals surface area (Å²) in [6.45, 7) is 0. The van der Waals surface area contributed by atoms with Crippen molar-refractivity contribution in [2.75, 3.05) is 0 Å². The van der Waals surface area contributed by atoms with Gasteiger partial charge in [0.2, 0.25) is 0 Å². The molecular formula is C16H9F3N2O2. The minimum atomic E-state index is -4.54. The zero-order valence-corrected chi connectivity index (χ0v) is 11.5. The minimum Gasteiger partial charge on any atom is -0.258 e. The molecule has 2 rings (SSSR count). The van der Waals surface area contributed by atoms with Gasteiger partial charge in [0.05, 0.1) is 22.1 Å². The van der Waals surface area contributed by atoms with Gasteiger partial charge >= 0.3 is 6.18 Å². The van der Waals surface area contributed by atoms with E-state index in [9.17, 15) is 28.5 Å². The van der Waals surface area contributed by atoms with Crippen LogP contribution in [0.2, 0.25) is 0 Å². The molecule has 0 atom stereocenters. The van der Waals surface area contributed by atoms with Gasteiger partial charge in [-0.25, -0.2) is 0 Å². The number of rotatable bonds is 3. The SMILES string of the molecule is N#C/C(=C\c1ccccc1C(F)(F)F)c1ccc([N+](=O)[O-])cc1. The number of non-ortho nitro benzene ring substituents is 1. The van der Waals surface area contributed by atoms with Crippen LogP contribution in [0.1, 0.15) is 16.7 Å². The Bertz CT molecular complexity index is 803. The standard InChI is InChI=1S/C16H9F3N2O2/c17-16(18,19)15-4-2-1-3-12(15)9-13(10-20)11-5-7-14(8-6-11)21(22)23/h1-9H/b13-9+. The van der Waals surface area contributed by atoms with Crippen molar-refractivity contribution in [2.24, 2.45) is 0 Å². The molecule has 7 heteroatoms. The number of nitrogens with zero attached hydrogens (tertiary/aromatic N) is 2. The molecule has 2 aromatic rings. The number of halogens is 3. The van der Waals surface area contributed by atoms with E-state index in [0.29, 0.717) is 5.56 Å². The summed E-state index contributed by atoms with van der Waals surface area (Å²) in [6.07, 6.45) is -3.42. The second-order valence-electron chi connectivity index (χ2n) is 4.56. The van der Waals surface area contributed by atoms with Crippen molar-refractivity contribution in [1.29, 1.82) is 5.26 Å². The normalized spacial score (nSPS) is 11.8. The number of hydrogen-bond acceptors (Lipinski definition) is 3. The monoisotopic (exact) mass is 318 g/mol. The third-order valence-corrected chi connectivity index (χ3v) is 3.08. The predicted octanol–water partition coefficient (Wildman–Crippen LogP) is 4.68. The Kier molecular flexibility index (Phi) is 4.46. The van der Waals surface area contributed by atoms with E-state index in [1.54, 1.807) is 0 Å². The fourth-order valence-corrected chi connectivity index (χ4v) is 1.98. The lowest BCUT2D eigenvalue weighted by molar-refractivity contribution is -0.384. The number of alkyl halides is 3. The van der Waals surface area contributed by atoms with Gasteiger partial charge in [0.25, 0.3) is 5.69 Å². The second kappa shape index (κ2) is 6.32. The van der Waals surface area contributed by atoms with E-state index in [4.69, 9.17) is 0 Å². The molecule has 0 saturated heterocycles. The fraction of sp³-hybridized carbons (Fsp3) is 0.0625. The van der Waals surface area contributed by atoms with E-state index in [1.807, 2.05) is 6.07 Å². The molecule has 0 N–H and O–H groups in total. The van der Waals surface area contributed by atoms with E-state index >= 15 is 0 Å². The van der Waals surface area contributed by atoms with Gasteiger partial charge in [0, 0.05) is 12.1 Å². The van der Waals surface area contributed by atoms with Crippen molar-refractivity contribution < 1.29 is 18.1 Å². The maximum atomic E-state index is 13.0. The lowest BCUT2D eigenvalue weighted by Gasteiger charge is -2.10. The maximum Gasteiger partial charge on any atom is 0.416 e. The van der Waals surface area contributed by atoms with E-state index in [2.05, 4.69) is 0 Å². The van der Waals surface area contributed by atoms with Crippen molar-refractivity contribution >= 4 is 17.3 Å². The molecule has 4 nitrogen and oxygen atoms in total. The number of nitro groups is 1. The molecule has 0 aliphatic heterocycles. The first kappa shape index (κ1) is 16.2. The molecule has 0 aliphatic rings. The minimum absolute atomic E-state index is 0.0170. The molecular weight excluding hydrogens is 309 g/mol. The van der Waals surface area contributed by atoms with Gasteiger partial charge in [0.15, 0.2) is 0 Å². The Morgan fingerprint density at radius 1 is 1.13 bits per heavy atom. The quantitative estimate of drug-likeness (QED) is 0.357. The summed E-state index contributed by atoms with van der Waals surface area (Å²) >= 11 is 0. The van der Waals surface area contributed by atoms with Gasteiger partial charge in [0.1, 0.15) is 0 Å². The molecule has 0 aromatic heterocycles. The van der Waals surface area contributed by atoms with Crippen LogP contribution in [0.25, 0.3) is 11.6 Å². The molecule has 23 heavy (non-hydrogen) atoms. The van der Waals surface area contributed by atoms with E-state index < -0.39 is 16.7 Å². The summed E-state index contributed by atoms with van der Waals surface area (Å²) in [7, 11) is 0. The Morgan fingerprint density at radius 3 is 2.26 bits per heavy atom. The highest BCUT2D eigenvalue weighted by Crippen LogP contribution is 2.33. The Hall–Kier alpha value is -3.14. The molecule has 0 heterocycles. The summed E-state index contributed by atoms with van der Waals surface area (Å²) in [6, 6.07) is 11.7. The molecule has 0 spiro atoms. The maximum absolute atomic E-state index is 13.0. The average molecular weight is 318 g/mol. The molecule has 0 unspecified atom stereocenters. The summed E-state index contributed by atoms with van der Waals surface area (Å²) in [4.78, 5) is 10.00. The number of nitro benzene ring substituents is 1. The third-order valence-electron chi connectivity index (χ3n) is 3.08. The highest BCUT2D eigenvalue weighted by Gasteiger charge is 2.32. The first-order chi connectivity index (χ1) is 10.8. The fourth-order valence-electron chi connectivity index (χ4n) is 1.98. The lowest BCUT2D eigenvalue weighted by atomic mass is 10.0. The van der Waals surface area contributed by atoms with Crippen LogP contribution in [0, 0.1) is 21.4 Å². The Balaban J connectivity index is 2.48. The van der Waals surface area contributed by atoms with Gasteiger partial charge in [-0.05, 0) is 35.4 Å². The Labute approximate surface area is 129 Å². The molecule has 0 bridgehead atoms. The largest absolute Gasteiger partial charge is 0.416 e. The zero-order valence-electron chi connectivity index (χ0n) is 11.5.